The lowest BCUT2D eigenvalue weighted by atomic mass is 9.96. The van der Waals surface area contributed by atoms with Gasteiger partial charge in [0.05, 0.1) is 16.6 Å². The number of para-hydroxylation sites is 2. The van der Waals surface area contributed by atoms with Crippen molar-refractivity contribution in [2.75, 3.05) is 37.6 Å². The molecule has 0 unspecified atom stereocenters. The summed E-state index contributed by atoms with van der Waals surface area (Å²) in [5.41, 5.74) is 8.62. The summed E-state index contributed by atoms with van der Waals surface area (Å²) >= 11 is 0. The standard InChI is InChI=1S/C30H38N6/c1-21(2)10-13-25-24(5)26(20-31)29-32-27-8-6-7-9-28(27)36(29)30(25)34-17-14-33(15-18-34)16-19-35-22(3)11-12-23(35)4/h6-9,11-12,21H,10,13-19H2,1-5H3. The summed E-state index contributed by atoms with van der Waals surface area (Å²) in [6.45, 7) is 17.2. The Labute approximate surface area is 214 Å². The molecule has 5 rings (SSSR count). The molecule has 0 N–H and O–H groups in total. The van der Waals surface area contributed by atoms with Crippen molar-refractivity contribution in [1.82, 2.24) is 18.9 Å². The number of pyridine rings is 1. The second-order valence-electron chi connectivity index (χ2n) is 10.7. The third kappa shape index (κ3) is 4.37. The maximum atomic E-state index is 10.1. The molecule has 4 heterocycles. The largest absolute Gasteiger partial charge is 0.355 e. The predicted octanol–water partition coefficient (Wildman–Crippen LogP) is 5.50. The van der Waals surface area contributed by atoms with Crippen LogP contribution < -0.4 is 4.90 Å². The minimum Gasteiger partial charge on any atom is -0.355 e. The lowest BCUT2D eigenvalue weighted by molar-refractivity contribution is 0.246. The average Bonchev–Trinajstić information content (AvgIpc) is 3.40. The van der Waals surface area contributed by atoms with Crippen molar-refractivity contribution >= 4 is 22.5 Å². The van der Waals surface area contributed by atoms with E-state index in [1.54, 1.807) is 0 Å². The highest BCUT2D eigenvalue weighted by molar-refractivity contribution is 5.86. The lowest BCUT2D eigenvalue weighted by Crippen LogP contribution is -2.48. The van der Waals surface area contributed by atoms with Gasteiger partial charge in [0.1, 0.15) is 11.9 Å². The molecule has 0 bridgehead atoms. The Kier molecular flexibility index (Phi) is 6.77. The molecule has 1 aliphatic heterocycles. The van der Waals surface area contributed by atoms with Gasteiger partial charge in [0.2, 0.25) is 0 Å². The van der Waals surface area contributed by atoms with Crippen molar-refractivity contribution < 1.29 is 0 Å². The number of anilines is 1. The van der Waals surface area contributed by atoms with Crippen LogP contribution in [0.5, 0.6) is 0 Å². The molecule has 36 heavy (non-hydrogen) atoms. The van der Waals surface area contributed by atoms with Crippen LogP contribution >= 0.6 is 0 Å². The fraction of sp³-hybridized carbons (Fsp3) is 0.467. The molecule has 0 atom stereocenters. The van der Waals surface area contributed by atoms with Crippen LogP contribution in [0.4, 0.5) is 5.82 Å². The average molecular weight is 483 g/mol. The first-order valence-electron chi connectivity index (χ1n) is 13.3. The fourth-order valence-electron chi connectivity index (χ4n) is 5.70. The number of fused-ring (bicyclic) bond motifs is 3. The number of aryl methyl sites for hydroxylation is 2. The molecule has 0 radical (unpaired) electrons. The Morgan fingerprint density at radius 1 is 0.944 bits per heavy atom. The van der Waals surface area contributed by atoms with Crippen molar-refractivity contribution in [3.63, 3.8) is 0 Å². The van der Waals surface area contributed by atoms with Crippen molar-refractivity contribution in [3.05, 3.63) is 64.5 Å². The van der Waals surface area contributed by atoms with Gasteiger partial charge < -0.3 is 9.47 Å². The number of rotatable bonds is 7. The van der Waals surface area contributed by atoms with Gasteiger partial charge in [0, 0.05) is 50.7 Å². The summed E-state index contributed by atoms with van der Waals surface area (Å²) in [6.07, 6.45) is 2.08. The number of aromatic nitrogens is 3. The van der Waals surface area contributed by atoms with Crippen LogP contribution in [0, 0.1) is 38.0 Å². The molecule has 188 valence electrons. The normalized spacial score (nSPS) is 14.9. The molecule has 4 aromatic rings. The van der Waals surface area contributed by atoms with E-state index in [0.717, 1.165) is 74.4 Å². The van der Waals surface area contributed by atoms with Crippen LogP contribution in [0.3, 0.4) is 0 Å². The number of hydrogen-bond acceptors (Lipinski definition) is 4. The van der Waals surface area contributed by atoms with E-state index in [4.69, 9.17) is 4.98 Å². The molecule has 1 fully saturated rings. The summed E-state index contributed by atoms with van der Waals surface area (Å²) in [5, 5.41) is 10.1. The van der Waals surface area contributed by atoms with E-state index in [9.17, 15) is 5.26 Å². The summed E-state index contributed by atoms with van der Waals surface area (Å²) < 4.78 is 4.69. The Hall–Kier alpha value is -3.30. The quantitative estimate of drug-likeness (QED) is 0.349. The number of piperazine rings is 1. The topological polar surface area (TPSA) is 52.5 Å². The van der Waals surface area contributed by atoms with Crippen molar-refractivity contribution in [2.24, 2.45) is 5.92 Å². The maximum Gasteiger partial charge on any atom is 0.157 e. The molecule has 0 aliphatic carbocycles. The van der Waals surface area contributed by atoms with E-state index in [0.29, 0.717) is 11.5 Å². The van der Waals surface area contributed by atoms with Gasteiger partial charge in [-0.2, -0.15) is 5.26 Å². The SMILES string of the molecule is Cc1c(CCC(C)C)c(N2CCN(CCn3c(C)ccc3C)CC2)n2c(nc3ccccc32)c1C#N. The van der Waals surface area contributed by atoms with Crippen LogP contribution in [0.1, 0.15) is 48.3 Å². The Morgan fingerprint density at radius 2 is 1.64 bits per heavy atom. The highest BCUT2D eigenvalue weighted by Gasteiger charge is 2.26. The molecule has 0 saturated carbocycles. The van der Waals surface area contributed by atoms with Gasteiger partial charge in [-0.3, -0.25) is 9.30 Å². The Balaban J connectivity index is 1.50. The van der Waals surface area contributed by atoms with Crippen LogP contribution in [0.2, 0.25) is 0 Å². The van der Waals surface area contributed by atoms with Gasteiger partial charge >= 0.3 is 0 Å². The number of nitrogens with zero attached hydrogens (tertiary/aromatic N) is 6. The minimum atomic E-state index is 0.607. The molecule has 1 saturated heterocycles. The van der Waals surface area contributed by atoms with Crippen LogP contribution in [0.25, 0.3) is 16.7 Å². The molecule has 1 aliphatic rings. The smallest absolute Gasteiger partial charge is 0.157 e. The molecule has 6 nitrogen and oxygen atoms in total. The second-order valence-corrected chi connectivity index (χ2v) is 10.7. The fourth-order valence-corrected chi connectivity index (χ4v) is 5.70. The molecule has 3 aromatic heterocycles. The van der Waals surface area contributed by atoms with E-state index in [-0.39, 0.29) is 0 Å². The summed E-state index contributed by atoms with van der Waals surface area (Å²) in [4.78, 5) is 10.1. The Morgan fingerprint density at radius 3 is 2.31 bits per heavy atom. The summed E-state index contributed by atoms with van der Waals surface area (Å²) in [6, 6.07) is 15.2. The third-order valence-electron chi connectivity index (χ3n) is 7.91. The third-order valence-corrected chi connectivity index (χ3v) is 7.91. The van der Waals surface area contributed by atoms with Gasteiger partial charge in [-0.25, -0.2) is 4.98 Å². The van der Waals surface area contributed by atoms with Crippen molar-refractivity contribution in [2.45, 2.75) is 54.0 Å². The highest BCUT2D eigenvalue weighted by atomic mass is 15.3. The van der Waals surface area contributed by atoms with Crippen LogP contribution in [0.15, 0.2) is 36.4 Å². The molecular formula is C30H38N6. The van der Waals surface area contributed by atoms with Gasteiger partial charge in [0.25, 0.3) is 0 Å². The van der Waals surface area contributed by atoms with E-state index in [1.807, 2.05) is 6.07 Å². The minimum absolute atomic E-state index is 0.607. The van der Waals surface area contributed by atoms with Crippen LogP contribution in [-0.4, -0.2) is 51.6 Å². The molecular weight excluding hydrogens is 444 g/mol. The Bertz CT molecular complexity index is 1410. The second kappa shape index (κ2) is 9.99. The molecule has 0 amide bonds. The zero-order valence-electron chi connectivity index (χ0n) is 22.4. The first-order chi connectivity index (χ1) is 17.4. The van der Waals surface area contributed by atoms with E-state index >= 15 is 0 Å². The first-order valence-corrected chi connectivity index (χ1v) is 13.3. The van der Waals surface area contributed by atoms with Crippen molar-refractivity contribution in [1.29, 1.82) is 5.26 Å². The zero-order valence-corrected chi connectivity index (χ0v) is 22.4. The predicted molar refractivity (Wildman–Crippen MR) is 148 cm³/mol. The number of nitriles is 1. The molecule has 0 spiro atoms. The van der Waals surface area contributed by atoms with Gasteiger partial charge in [-0.1, -0.05) is 26.0 Å². The summed E-state index contributed by atoms with van der Waals surface area (Å²) in [7, 11) is 0. The monoisotopic (exact) mass is 482 g/mol. The maximum absolute atomic E-state index is 10.1. The van der Waals surface area contributed by atoms with Gasteiger partial charge in [-0.15, -0.1) is 0 Å². The van der Waals surface area contributed by atoms with Gasteiger partial charge in [-0.05, 0) is 74.9 Å². The summed E-state index contributed by atoms with van der Waals surface area (Å²) in [5.74, 6) is 1.85. The number of hydrogen-bond donors (Lipinski definition) is 0. The van der Waals surface area contributed by atoms with E-state index < -0.39 is 0 Å². The molecule has 6 heteroatoms. The van der Waals surface area contributed by atoms with E-state index in [2.05, 4.69) is 89.8 Å². The van der Waals surface area contributed by atoms with Crippen LogP contribution in [-0.2, 0) is 13.0 Å². The lowest BCUT2D eigenvalue weighted by Gasteiger charge is -2.38. The molecule has 1 aromatic carbocycles. The van der Waals surface area contributed by atoms with E-state index in [1.165, 1.54) is 22.8 Å². The zero-order chi connectivity index (χ0) is 25.4. The number of benzene rings is 1. The number of imidazole rings is 1. The highest BCUT2D eigenvalue weighted by Crippen LogP contribution is 2.35. The van der Waals surface area contributed by atoms with Crippen molar-refractivity contribution in [3.8, 4) is 6.07 Å². The first kappa shape index (κ1) is 24.4. The van der Waals surface area contributed by atoms with Gasteiger partial charge in [0.15, 0.2) is 5.65 Å².